The van der Waals surface area contributed by atoms with Crippen molar-refractivity contribution in [1.82, 2.24) is 14.5 Å². The Labute approximate surface area is 115 Å². The van der Waals surface area contributed by atoms with Gasteiger partial charge in [-0.1, -0.05) is 0 Å². The van der Waals surface area contributed by atoms with Gasteiger partial charge in [0.05, 0.1) is 0 Å². The van der Waals surface area contributed by atoms with Crippen molar-refractivity contribution in [1.29, 1.82) is 0 Å². The van der Waals surface area contributed by atoms with Crippen molar-refractivity contribution in [2.45, 2.75) is 10.1 Å². The second-order valence-corrected chi connectivity index (χ2v) is 8.27. The third kappa shape index (κ3) is 3.34. The first-order chi connectivity index (χ1) is 8.49. The molecule has 18 heavy (non-hydrogen) atoms. The molecule has 9 heteroatoms. The third-order valence-electron chi connectivity index (χ3n) is 2.50. The molecule has 3 N–H and O–H groups in total. The van der Waals surface area contributed by atoms with Gasteiger partial charge in [0.15, 0.2) is 5.82 Å². The number of aromatic nitrogens is 2. The van der Waals surface area contributed by atoms with Gasteiger partial charge in [-0.25, -0.2) is 13.1 Å². The van der Waals surface area contributed by atoms with Crippen LogP contribution in [0.1, 0.15) is 0 Å². The first-order valence-electron chi connectivity index (χ1n) is 5.47. The molecule has 1 aromatic heterocycles. The molecule has 2 heterocycles. The second kappa shape index (κ2) is 5.72. The summed E-state index contributed by atoms with van der Waals surface area (Å²) in [5, 5.41) is 4.17. The number of nitrogens with two attached hydrogens (primary N) is 1. The molecule has 0 aromatic carbocycles. The molecule has 0 spiro atoms. The average Bonchev–Trinajstić information content (AvgIpc) is 2.68. The van der Waals surface area contributed by atoms with Gasteiger partial charge in [0, 0.05) is 42.3 Å². The zero-order valence-corrected chi connectivity index (χ0v) is 12.4. The topological polar surface area (TPSA) is 90.0 Å². The number of nitrogen functional groups attached to an aromatic ring is 1. The molecule has 1 aliphatic heterocycles. The molecular weight excluding hydrogens is 292 g/mol. The van der Waals surface area contributed by atoms with Crippen LogP contribution in [0.25, 0.3) is 0 Å². The molecule has 1 fully saturated rings. The number of rotatable bonds is 4. The summed E-state index contributed by atoms with van der Waals surface area (Å²) < 4.78 is 28.1. The highest BCUT2D eigenvalue weighted by Crippen LogP contribution is 2.24. The standard InChI is InChI=1S/C9H16N4O2S3/c1-13-5-8(9(10)12-13)18(14,15)11-4-7-6-16-2-3-17-7/h5,7,11H,2-4,6H2,1H3,(H2,10,12). The maximum absolute atomic E-state index is 12.0. The Morgan fingerprint density at radius 2 is 2.39 bits per heavy atom. The summed E-state index contributed by atoms with van der Waals surface area (Å²) in [6, 6.07) is 0. The van der Waals surface area contributed by atoms with Crippen LogP contribution in [-0.4, -0.2) is 47.3 Å². The van der Waals surface area contributed by atoms with Crippen molar-refractivity contribution in [2.75, 3.05) is 29.5 Å². The maximum atomic E-state index is 12.0. The Morgan fingerprint density at radius 1 is 1.61 bits per heavy atom. The Hall–Kier alpha value is -0.380. The van der Waals surface area contributed by atoms with Gasteiger partial charge in [-0.05, 0) is 0 Å². The predicted molar refractivity (Wildman–Crippen MR) is 76.4 cm³/mol. The minimum atomic E-state index is -3.55. The molecule has 1 aliphatic rings. The van der Waals surface area contributed by atoms with Crippen molar-refractivity contribution in [2.24, 2.45) is 7.05 Å². The molecule has 1 atom stereocenters. The highest BCUT2D eigenvalue weighted by Gasteiger charge is 2.23. The van der Waals surface area contributed by atoms with Crippen LogP contribution >= 0.6 is 23.5 Å². The van der Waals surface area contributed by atoms with E-state index in [0.29, 0.717) is 11.8 Å². The van der Waals surface area contributed by atoms with Crippen LogP contribution in [-0.2, 0) is 17.1 Å². The molecule has 102 valence electrons. The van der Waals surface area contributed by atoms with Crippen molar-refractivity contribution >= 4 is 39.4 Å². The monoisotopic (exact) mass is 308 g/mol. The van der Waals surface area contributed by atoms with Crippen LogP contribution in [0.3, 0.4) is 0 Å². The summed E-state index contributed by atoms with van der Waals surface area (Å²) in [6.45, 7) is 0.439. The molecule has 0 saturated carbocycles. The number of nitrogens with one attached hydrogen (secondary N) is 1. The van der Waals surface area contributed by atoms with E-state index < -0.39 is 10.0 Å². The lowest BCUT2D eigenvalue weighted by molar-refractivity contribution is 0.582. The lowest BCUT2D eigenvalue weighted by atomic mass is 10.5. The summed E-state index contributed by atoms with van der Waals surface area (Å²) in [5.41, 5.74) is 5.58. The summed E-state index contributed by atoms with van der Waals surface area (Å²) >= 11 is 3.67. The fraction of sp³-hybridized carbons (Fsp3) is 0.667. The van der Waals surface area contributed by atoms with Gasteiger partial charge in [-0.2, -0.15) is 28.6 Å². The van der Waals surface area contributed by atoms with Gasteiger partial charge in [0.25, 0.3) is 0 Å². The summed E-state index contributed by atoms with van der Waals surface area (Å²) in [7, 11) is -1.91. The zero-order chi connectivity index (χ0) is 13.2. The van der Waals surface area contributed by atoms with Crippen LogP contribution in [0.5, 0.6) is 0 Å². The van der Waals surface area contributed by atoms with E-state index in [-0.39, 0.29) is 10.7 Å². The van der Waals surface area contributed by atoms with E-state index >= 15 is 0 Å². The SMILES string of the molecule is Cn1cc(S(=O)(=O)NCC2CSCCS2)c(N)n1. The second-order valence-electron chi connectivity index (χ2n) is 3.97. The normalized spacial score (nSPS) is 21.1. The van der Waals surface area contributed by atoms with Crippen LogP contribution in [0.2, 0.25) is 0 Å². The van der Waals surface area contributed by atoms with Crippen LogP contribution in [0.15, 0.2) is 11.1 Å². The van der Waals surface area contributed by atoms with Crippen molar-refractivity contribution < 1.29 is 8.42 Å². The molecule has 0 bridgehead atoms. The average molecular weight is 308 g/mol. The number of sulfonamides is 1. The van der Waals surface area contributed by atoms with Gasteiger partial charge in [-0.3, -0.25) is 4.68 Å². The molecular formula is C9H16N4O2S3. The van der Waals surface area contributed by atoms with Gasteiger partial charge >= 0.3 is 0 Å². The van der Waals surface area contributed by atoms with Gasteiger partial charge in [0.1, 0.15) is 4.90 Å². The molecule has 2 rings (SSSR count). The molecule has 1 unspecified atom stereocenters. The maximum Gasteiger partial charge on any atom is 0.245 e. The molecule has 0 amide bonds. The number of thioether (sulfide) groups is 2. The highest BCUT2D eigenvalue weighted by atomic mass is 32.2. The molecule has 0 aliphatic carbocycles. The van der Waals surface area contributed by atoms with Crippen LogP contribution in [0, 0.1) is 0 Å². The largest absolute Gasteiger partial charge is 0.381 e. The van der Waals surface area contributed by atoms with E-state index in [9.17, 15) is 8.42 Å². The lowest BCUT2D eigenvalue weighted by Gasteiger charge is -2.20. The van der Waals surface area contributed by atoms with E-state index in [1.807, 2.05) is 23.5 Å². The smallest absolute Gasteiger partial charge is 0.245 e. The quantitative estimate of drug-likeness (QED) is 0.822. The van der Waals surface area contributed by atoms with E-state index in [1.165, 1.54) is 10.9 Å². The fourth-order valence-electron chi connectivity index (χ4n) is 1.63. The van der Waals surface area contributed by atoms with Gasteiger partial charge in [-0.15, -0.1) is 0 Å². The van der Waals surface area contributed by atoms with Gasteiger partial charge in [0.2, 0.25) is 10.0 Å². The Morgan fingerprint density at radius 3 is 2.94 bits per heavy atom. The highest BCUT2D eigenvalue weighted by molar-refractivity contribution is 8.06. The van der Waals surface area contributed by atoms with Crippen LogP contribution < -0.4 is 10.5 Å². The van der Waals surface area contributed by atoms with Crippen LogP contribution in [0.4, 0.5) is 5.82 Å². The minimum Gasteiger partial charge on any atom is -0.381 e. The lowest BCUT2D eigenvalue weighted by Crippen LogP contribution is -2.33. The number of hydrogen-bond acceptors (Lipinski definition) is 6. The molecule has 0 radical (unpaired) electrons. The first kappa shape index (κ1) is 14.0. The minimum absolute atomic E-state index is 0.0377. The Bertz CT molecular complexity index is 508. The van der Waals surface area contributed by atoms with E-state index in [1.54, 1.807) is 7.05 Å². The van der Waals surface area contributed by atoms with Gasteiger partial charge < -0.3 is 5.73 Å². The number of aryl methyl sites for hydroxylation is 1. The first-order valence-corrected chi connectivity index (χ1v) is 9.16. The van der Waals surface area contributed by atoms with Crippen molar-refractivity contribution in [3.05, 3.63) is 6.20 Å². The molecule has 1 saturated heterocycles. The van der Waals surface area contributed by atoms with Crippen molar-refractivity contribution in [3.8, 4) is 0 Å². The van der Waals surface area contributed by atoms with E-state index in [4.69, 9.17) is 5.73 Å². The summed E-state index contributed by atoms with van der Waals surface area (Å²) in [6.07, 6.45) is 1.42. The third-order valence-corrected chi connectivity index (χ3v) is 6.78. The van der Waals surface area contributed by atoms with Crippen molar-refractivity contribution in [3.63, 3.8) is 0 Å². The molecule has 1 aromatic rings. The van der Waals surface area contributed by atoms with E-state index in [2.05, 4.69) is 9.82 Å². The zero-order valence-electron chi connectivity index (χ0n) is 10.00. The number of anilines is 1. The fourth-order valence-corrected chi connectivity index (χ4v) is 5.53. The number of hydrogen-bond donors (Lipinski definition) is 2. The predicted octanol–water partition coefficient (Wildman–Crippen LogP) is 0.129. The van der Waals surface area contributed by atoms with E-state index in [0.717, 1.165) is 17.3 Å². The number of nitrogens with zero attached hydrogens (tertiary/aromatic N) is 2. The Kier molecular flexibility index (Phi) is 4.46. The molecule has 6 nitrogen and oxygen atoms in total. The Balaban J connectivity index is 2.01. The summed E-state index contributed by atoms with van der Waals surface area (Å²) in [5.74, 6) is 3.24. The summed E-state index contributed by atoms with van der Waals surface area (Å²) in [4.78, 5) is 0.0541.